The van der Waals surface area contributed by atoms with Crippen LogP contribution in [0.2, 0.25) is 0 Å². The Morgan fingerprint density at radius 3 is 2.57 bits per heavy atom. The molecular formula is C15H19N5O. The Bertz CT molecular complexity index is 655. The number of hydrogen-bond donors (Lipinski definition) is 3. The lowest BCUT2D eigenvalue weighted by Crippen LogP contribution is -2.19. The molecule has 2 rings (SSSR count). The number of rotatable bonds is 4. The zero-order valence-electron chi connectivity index (χ0n) is 12.3. The zero-order chi connectivity index (χ0) is 15.4. The average molecular weight is 285 g/mol. The van der Waals surface area contributed by atoms with Crippen LogP contribution in [0.3, 0.4) is 0 Å². The van der Waals surface area contributed by atoms with Gasteiger partial charge in [0.25, 0.3) is 5.91 Å². The van der Waals surface area contributed by atoms with Crippen molar-refractivity contribution in [1.29, 1.82) is 0 Å². The highest BCUT2D eigenvalue weighted by Crippen LogP contribution is 2.11. The number of nitrogens with one attached hydrogen (secondary N) is 2. The van der Waals surface area contributed by atoms with E-state index in [-0.39, 0.29) is 5.91 Å². The molecule has 1 aromatic heterocycles. The first-order chi connectivity index (χ1) is 9.97. The molecule has 1 aromatic carbocycles. The van der Waals surface area contributed by atoms with Gasteiger partial charge in [-0.3, -0.25) is 9.89 Å². The maximum atomic E-state index is 11.9. The third kappa shape index (κ3) is 3.68. The van der Waals surface area contributed by atoms with Gasteiger partial charge >= 0.3 is 0 Å². The van der Waals surface area contributed by atoms with Crippen LogP contribution >= 0.6 is 0 Å². The molecule has 6 nitrogen and oxygen atoms in total. The Morgan fingerprint density at radius 1 is 1.33 bits per heavy atom. The van der Waals surface area contributed by atoms with Crippen molar-refractivity contribution >= 4 is 17.3 Å². The van der Waals surface area contributed by atoms with E-state index in [0.29, 0.717) is 23.0 Å². The van der Waals surface area contributed by atoms with Gasteiger partial charge in [-0.25, -0.2) is 5.43 Å². The van der Waals surface area contributed by atoms with E-state index in [1.54, 1.807) is 18.2 Å². The van der Waals surface area contributed by atoms with Gasteiger partial charge in [-0.05, 0) is 36.6 Å². The summed E-state index contributed by atoms with van der Waals surface area (Å²) in [7, 11) is 0. The van der Waals surface area contributed by atoms with E-state index >= 15 is 0 Å². The van der Waals surface area contributed by atoms with Gasteiger partial charge < -0.3 is 5.73 Å². The summed E-state index contributed by atoms with van der Waals surface area (Å²) >= 11 is 0. The van der Waals surface area contributed by atoms with Crippen LogP contribution in [0.5, 0.6) is 0 Å². The fourth-order valence-electron chi connectivity index (χ4n) is 1.73. The molecule has 6 heteroatoms. The molecule has 110 valence electrons. The Balaban J connectivity index is 2.05. The van der Waals surface area contributed by atoms with Gasteiger partial charge in [0.2, 0.25) is 0 Å². The smallest absolute Gasteiger partial charge is 0.291 e. The number of nitrogen functional groups attached to an aromatic ring is 1. The second-order valence-electron chi connectivity index (χ2n) is 5.12. The van der Waals surface area contributed by atoms with Gasteiger partial charge in [0, 0.05) is 11.4 Å². The summed E-state index contributed by atoms with van der Waals surface area (Å²) in [5.41, 5.74) is 11.7. The molecule has 0 aliphatic heterocycles. The van der Waals surface area contributed by atoms with Crippen LogP contribution in [-0.2, 0) is 0 Å². The van der Waals surface area contributed by atoms with Crippen LogP contribution in [0.25, 0.3) is 0 Å². The lowest BCUT2D eigenvalue weighted by atomic mass is 10.1. The predicted molar refractivity (Wildman–Crippen MR) is 83.2 cm³/mol. The van der Waals surface area contributed by atoms with E-state index in [1.165, 1.54) is 0 Å². The highest BCUT2D eigenvalue weighted by atomic mass is 16.2. The Morgan fingerprint density at radius 2 is 2.00 bits per heavy atom. The highest BCUT2D eigenvalue weighted by molar-refractivity contribution is 6.00. The van der Waals surface area contributed by atoms with Crippen molar-refractivity contribution in [3.8, 4) is 0 Å². The third-order valence-electron chi connectivity index (χ3n) is 3.11. The molecule has 1 heterocycles. The molecule has 2 aromatic rings. The maximum absolute atomic E-state index is 11.9. The quantitative estimate of drug-likeness (QED) is 0.456. The first-order valence-corrected chi connectivity index (χ1v) is 6.73. The topological polar surface area (TPSA) is 96.2 Å². The minimum Gasteiger partial charge on any atom is -0.399 e. The summed E-state index contributed by atoms with van der Waals surface area (Å²) in [5.74, 6) is -0.0491. The molecule has 0 bridgehead atoms. The van der Waals surface area contributed by atoms with E-state index in [0.717, 1.165) is 11.3 Å². The summed E-state index contributed by atoms with van der Waals surface area (Å²) in [6, 6.07) is 9.02. The normalized spacial score (nSPS) is 11.7. The fraction of sp³-hybridized carbons (Fsp3) is 0.267. The summed E-state index contributed by atoms with van der Waals surface area (Å²) in [5, 5.41) is 10.9. The molecule has 0 spiro atoms. The second kappa shape index (κ2) is 6.21. The number of hydrogen-bond acceptors (Lipinski definition) is 4. The van der Waals surface area contributed by atoms with E-state index in [1.807, 2.05) is 32.9 Å². The number of H-pyrrole nitrogens is 1. The molecule has 0 saturated carbocycles. The molecule has 0 aliphatic rings. The van der Waals surface area contributed by atoms with Gasteiger partial charge in [-0.1, -0.05) is 26.0 Å². The number of aromatic nitrogens is 2. The van der Waals surface area contributed by atoms with E-state index in [2.05, 4.69) is 20.7 Å². The van der Waals surface area contributed by atoms with Gasteiger partial charge in [-0.2, -0.15) is 10.2 Å². The van der Waals surface area contributed by atoms with Gasteiger partial charge in [0.1, 0.15) is 0 Å². The molecule has 0 fully saturated rings. The average Bonchev–Trinajstić information content (AvgIpc) is 2.95. The molecular weight excluding hydrogens is 266 g/mol. The number of benzene rings is 1. The minimum atomic E-state index is -0.340. The van der Waals surface area contributed by atoms with Crippen LogP contribution in [0.1, 0.15) is 48.4 Å². The van der Waals surface area contributed by atoms with E-state index in [9.17, 15) is 4.79 Å². The summed E-state index contributed by atoms with van der Waals surface area (Å²) in [4.78, 5) is 11.9. The SMILES string of the molecule is C/C(=N/NC(=O)c1cc(C(C)C)[nH]n1)c1ccc(N)cc1. The van der Waals surface area contributed by atoms with Gasteiger partial charge in [0.05, 0.1) is 5.71 Å². The van der Waals surface area contributed by atoms with Crippen LogP contribution < -0.4 is 11.2 Å². The largest absolute Gasteiger partial charge is 0.399 e. The first-order valence-electron chi connectivity index (χ1n) is 6.73. The fourth-order valence-corrected chi connectivity index (χ4v) is 1.73. The standard InChI is InChI=1S/C15H19N5O/c1-9(2)13-8-14(19-18-13)15(21)20-17-10(3)11-4-6-12(16)7-5-11/h4-9H,16H2,1-3H3,(H,18,19)(H,20,21)/b17-10-. The second-order valence-corrected chi connectivity index (χ2v) is 5.12. The van der Waals surface area contributed by atoms with Gasteiger partial charge in [-0.15, -0.1) is 0 Å². The predicted octanol–water partition coefficient (Wildman–Crippen LogP) is 2.27. The number of aromatic amines is 1. The van der Waals surface area contributed by atoms with Crippen molar-refractivity contribution < 1.29 is 4.79 Å². The van der Waals surface area contributed by atoms with Crippen LogP contribution in [0.15, 0.2) is 35.4 Å². The number of carbonyl (C=O) groups is 1. The monoisotopic (exact) mass is 285 g/mol. The van der Waals surface area contributed by atoms with Crippen LogP contribution in [-0.4, -0.2) is 21.8 Å². The summed E-state index contributed by atoms with van der Waals surface area (Å²) in [6.45, 7) is 5.87. The number of amides is 1. The Labute approximate surface area is 123 Å². The lowest BCUT2D eigenvalue weighted by molar-refractivity contribution is 0.0950. The highest BCUT2D eigenvalue weighted by Gasteiger charge is 2.11. The molecule has 0 unspecified atom stereocenters. The van der Waals surface area contributed by atoms with Crippen LogP contribution in [0.4, 0.5) is 5.69 Å². The molecule has 1 amide bonds. The lowest BCUT2D eigenvalue weighted by Gasteiger charge is -2.02. The van der Waals surface area contributed by atoms with Crippen molar-refractivity contribution in [2.24, 2.45) is 5.10 Å². The minimum absolute atomic E-state index is 0.291. The van der Waals surface area contributed by atoms with Gasteiger partial charge in [0.15, 0.2) is 5.69 Å². The first kappa shape index (κ1) is 14.8. The number of anilines is 1. The molecule has 21 heavy (non-hydrogen) atoms. The Kier molecular flexibility index (Phi) is 4.37. The number of hydrazone groups is 1. The van der Waals surface area contributed by atoms with Crippen molar-refractivity contribution in [3.63, 3.8) is 0 Å². The summed E-state index contributed by atoms with van der Waals surface area (Å²) in [6.07, 6.45) is 0. The number of nitrogens with zero attached hydrogens (tertiary/aromatic N) is 2. The van der Waals surface area contributed by atoms with Crippen molar-refractivity contribution in [3.05, 3.63) is 47.3 Å². The van der Waals surface area contributed by atoms with E-state index in [4.69, 9.17) is 5.73 Å². The number of nitrogens with two attached hydrogens (primary N) is 1. The van der Waals surface area contributed by atoms with E-state index < -0.39 is 0 Å². The molecule has 4 N–H and O–H groups in total. The molecule has 0 atom stereocenters. The van der Waals surface area contributed by atoms with Crippen LogP contribution in [0, 0.1) is 0 Å². The third-order valence-corrected chi connectivity index (χ3v) is 3.11. The Hall–Kier alpha value is -2.63. The zero-order valence-corrected chi connectivity index (χ0v) is 12.3. The summed E-state index contributed by atoms with van der Waals surface area (Å²) < 4.78 is 0. The maximum Gasteiger partial charge on any atom is 0.291 e. The number of carbonyl (C=O) groups excluding carboxylic acids is 1. The molecule has 0 radical (unpaired) electrons. The van der Waals surface area contributed by atoms with Crippen molar-refractivity contribution in [2.75, 3.05) is 5.73 Å². The van der Waals surface area contributed by atoms with Crippen molar-refractivity contribution in [2.45, 2.75) is 26.7 Å². The molecule has 0 aliphatic carbocycles. The molecule has 0 saturated heterocycles. The van der Waals surface area contributed by atoms with Crippen molar-refractivity contribution in [1.82, 2.24) is 15.6 Å².